The smallest absolute Gasteiger partial charge is 0.246 e. The van der Waals surface area contributed by atoms with Gasteiger partial charge >= 0.3 is 0 Å². The molecule has 0 radical (unpaired) electrons. The molecule has 1 atom stereocenters. The van der Waals surface area contributed by atoms with Crippen molar-refractivity contribution in [2.45, 2.75) is 47.6 Å². The van der Waals surface area contributed by atoms with Crippen LogP contribution in [0.4, 0.5) is 40.6 Å². The van der Waals surface area contributed by atoms with Gasteiger partial charge < -0.3 is 26.6 Å². The largest absolute Gasteiger partial charge is 0.342 e. The normalized spacial score (nSPS) is 11.3. The molecule has 3 aromatic carbocycles. The number of carbonyl (C=O) groups is 2. The summed E-state index contributed by atoms with van der Waals surface area (Å²) < 4.78 is 0. The van der Waals surface area contributed by atoms with Crippen molar-refractivity contribution in [3.63, 3.8) is 0 Å². The van der Waals surface area contributed by atoms with Gasteiger partial charge in [0.05, 0.1) is 0 Å². The van der Waals surface area contributed by atoms with Crippen molar-refractivity contribution in [3.8, 4) is 0 Å². The van der Waals surface area contributed by atoms with Crippen LogP contribution in [-0.4, -0.2) is 32.8 Å². The SMILES string of the molecule is CC(=O)Nc1ccc(NC(=O)[C@H](C)Nc2nc(Nc3ccc(C)cc3C)nc(Nc3ccc(C)cc3C)n2)cc1. The van der Waals surface area contributed by atoms with Crippen molar-refractivity contribution in [1.29, 1.82) is 0 Å². The third kappa shape index (κ3) is 7.53. The molecule has 0 unspecified atom stereocenters. The van der Waals surface area contributed by atoms with E-state index >= 15 is 0 Å². The molecule has 0 saturated carbocycles. The maximum atomic E-state index is 12.9. The minimum atomic E-state index is -0.666. The molecule has 0 aliphatic carbocycles. The van der Waals surface area contributed by atoms with Gasteiger partial charge in [0.25, 0.3) is 0 Å². The topological polar surface area (TPSA) is 133 Å². The van der Waals surface area contributed by atoms with E-state index in [2.05, 4.69) is 53.7 Å². The van der Waals surface area contributed by atoms with Crippen LogP contribution in [0, 0.1) is 27.7 Å². The molecule has 2 amide bonds. The molecule has 40 heavy (non-hydrogen) atoms. The van der Waals surface area contributed by atoms with Crippen LogP contribution >= 0.6 is 0 Å². The monoisotopic (exact) mass is 538 g/mol. The van der Waals surface area contributed by atoms with Gasteiger partial charge in [-0.15, -0.1) is 0 Å². The maximum Gasteiger partial charge on any atom is 0.246 e. The Morgan fingerprint density at radius 3 is 1.55 bits per heavy atom. The zero-order chi connectivity index (χ0) is 28.8. The van der Waals surface area contributed by atoms with Gasteiger partial charge in [0.2, 0.25) is 29.7 Å². The summed E-state index contributed by atoms with van der Waals surface area (Å²) in [6.45, 7) is 11.3. The van der Waals surface area contributed by atoms with E-state index in [0.717, 1.165) is 33.6 Å². The first-order valence-electron chi connectivity index (χ1n) is 13.0. The highest BCUT2D eigenvalue weighted by atomic mass is 16.2. The summed E-state index contributed by atoms with van der Waals surface area (Å²) in [5.41, 5.74) is 7.40. The fourth-order valence-electron chi connectivity index (χ4n) is 4.05. The summed E-state index contributed by atoms with van der Waals surface area (Å²) >= 11 is 0. The molecular formula is C30H34N8O2. The molecule has 0 bridgehead atoms. The highest BCUT2D eigenvalue weighted by Crippen LogP contribution is 2.24. The second kappa shape index (κ2) is 12.2. The summed E-state index contributed by atoms with van der Waals surface area (Å²) in [7, 11) is 0. The van der Waals surface area contributed by atoms with Crippen LogP contribution in [0.3, 0.4) is 0 Å². The molecule has 1 aromatic heterocycles. The van der Waals surface area contributed by atoms with E-state index in [9.17, 15) is 9.59 Å². The van der Waals surface area contributed by atoms with Crippen LogP contribution in [0.15, 0.2) is 60.7 Å². The number of nitrogens with zero attached hydrogens (tertiary/aromatic N) is 3. The summed E-state index contributed by atoms with van der Waals surface area (Å²) in [5, 5.41) is 15.2. The number of anilines is 7. The van der Waals surface area contributed by atoms with Crippen molar-refractivity contribution in [2.75, 3.05) is 26.6 Å². The molecule has 0 spiro atoms. The molecule has 206 valence electrons. The van der Waals surface area contributed by atoms with Crippen LogP contribution in [0.5, 0.6) is 0 Å². The Kier molecular flexibility index (Phi) is 8.58. The van der Waals surface area contributed by atoms with E-state index in [4.69, 9.17) is 0 Å². The number of benzene rings is 3. The number of rotatable bonds is 9. The Balaban J connectivity index is 1.55. The van der Waals surface area contributed by atoms with Gasteiger partial charge in [0, 0.05) is 29.7 Å². The zero-order valence-corrected chi connectivity index (χ0v) is 23.5. The molecule has 0 aliphatic rings. The fourth-order valence-corrected chi connectivity index (χ4v) is 4.05. The lowest BCUT2D eigenvalue weighted by molar-refractivity contribution is -0.116. The van der Waals surface area contributed by atoms with Crippen molar-refractivity contribution in [2.24, 2.45) is 0 Å². The fraction of sp³-hybridized carbons (Fsp3) is 0.233. The van der Waals surface area contributed by atoms with E-state index < -0.39 is 6.04 Å². The van der Waals surface area contributed by atoms with E-state index in [1.807, 2.05) is 52.0 Å². The highest BCUT2D eigenvalue weighted by Gasteiger charge is 2.17. The van der Waals surface area contributed by atoms with E-state index in [1.165, 1.54) is 6.92 Å². The Bertz CT molecular complexity index is 1460. The van der Waals surface area contributed by atoms with Gasteiger partial charge in [0.15, 0.2) is 0 Å². The lowest BCUT2D eigenvalue weighted by Gasteiger charge is -2.17. The van der Waals surface area contributed by atoms with Gasteiger partial charge in [0.1, 0.15) is 6.04 Å². The first-order chi connectivity index (χ1) is 19.0. The maximum absolute atomic E-state index is 12.9. The van der Waals surface area contributed by atoms with E-state index in [-0.39, 0.29) is 17.8 Å². The third-order valence-corrected chi connectivity index (χ3v) is 6.10. The Morgan fingerprint density at radius 2 is 1.10 bits per heavy atom. The second-order valence-electron chi connectivity index (χ2n) is 9.81. The van der Waals surface area contributed by atoms with Gasteiger partial charge in [-0.2, -0.15) is 15.0 Å². The number of hydrogen-bond donors (Lipinski definition) is 5. The summed E-state index contributed by atoms with van der Waals surface area (Å²) in [4.78, 5) is 37.8. The molecule has 5 N–H and O–H groups in total. The molecule has 0 fully saturated rings. The standard InChI is InChI=1S/C30H34N8O2/c1-17-7-13-25(19(3)15-17)34-29-36-28(37-30(38-29)35-26-14-8-18(2)16-20(26)4)31-21(5)27(40)33-24-11-9-23(10-12-24)32-22(6)39/h7-16,21H,1-6H3,(H,32,39)(H,33,40)(H3,31,34,35,36,37,38)/t21-/m0/s1. The Hall–Kier alpha value is -4.99. The average Bonchev–Trinajstić information content (AvgIpc) is 2.88. The van der Waals surface area contributed by atoms with Crippen LogP contribution in [0.25, 0.3) is 0 Å². The average molecular weight is 539 g/mol. The van der Waals surface area contributed by atoms with Gasteiger partial charge in [-0.3, -0.25) is 9.59 Å². The molecule has 0 saturated heterocycles. The lowest BCUT2D eigenvalue weighted by atomic mass is 10.1. The van der Waals surface area contributed by atoms with E-state index in [0.29, 0.717) is 23.3 Å². The summed E-state index contributed by atoms with van der Waals surface area (Å²) in [6.07, 6.45) is 0. The minimum absolute atomic E-state index is 0.162. The minimum Gasteiger partial charge on any atom is -0.342 e. The zero-order valence-electron chi connectivity index (χ0n) is 23.5. The van der Waals surface area contributed by atoms with Crippen molar-refractivity contribution in [3.05, 3.63) is 82.9 Å². The van der Waals surface area contributed by atoms with Crippen LogP contribution in [-0.2, 0) is 9.59 Å². The quantitative estimate of drug-likeness (QED) is 0.176. The first-order valence-corrected chi connectivity index (χ1v) is 13.0. The van der Waals surface area contributed by atoms with Crippen molar-refractivity contribution < 1.29 is 9.59 Å². The predicted molar refractivity (Wildman–Crippen MR) is 161 cm³/mol. The van der Waals surface area contributed by atoms with E-state index in [1.54, 1.807) is 31.2 Å². The molecule has 4 rings (SSSR count). The molecule has 1 heterocycles. The number of amides is 2. The number of nitrogens with one attached hydrogen (secondary N) is 5. The van der Waals surface area contributed by atoms with Crippen LogP contribution in [0.2, 0.25) is 0 Å². The summed E-state index contributed by atoms with van der Waals surface area (Å²) in [5.74, 6) is 0.458. The predicted octanol–water partition coefficient (Wildman–Crippen LogP) is 5.99. The molecule has 0 aliphatic heterocycles. The van der Waals surface area contributed by atoms with Crippen molar-refractivity contribution in [1.82, 2.24) is 15.0 Å². The number of carbonyl (C=O) groups excluding carboxylic acids is 2. The van der Waals surface area contributed by atoms with Gasteiger partial charge in [-0.1, -0.05) is 35.4 Å². The number of aromatic nitrogens is 3. The number of hydrogen-bond acceptors (Lipinski definition) is 8. The lowest BCUT2D eigenvalue weighted by Crippen LogP contribution is -2.32. The van der Waals surface area contributed by atoms with Crippen LogP contribution < -0.4 is 26.6 Å². The summed E-state index contributed by atoms with van der Waals surface area (Å²) in [6, 6.07) is 18.3. The number of aryl methyl sites for hydroxylation is 4. The molecule has 10 heteroatoms. The van der Waals surface area contributed by atoms with Gasteiger partial charge in [-0.05, 0) is 82.1 Å². The molecular weight excluding hydrogens is 504 g/mol. The highest BCUT2D eigenvalue weighted by molar-refractivity contribution is 5.96. The molecule has 10 nitrogen and oxygen atoms in total. The molecule has 4 aromatic rings. The Labute approximate surface area is 234 Å². The van der Waals surface area contributed by atoms with Crippen LogP contribution in [0.1, 0.15) is 36.1 Å². The second-order valence-corrected chi connectivity index (χ2v) is 9.81. The Morgan fingerprint density at radius 1 is 0.650 bits per heavy atom. The van der Waals surface area contributed by atoms with Crippen molar-refractivity contribution >= 4 is 52.4 Å². The van der Waals surface area contributed by atoms with Gasteiger partial charge in [-0.25, -0.2) is 0 Å². The first kappa shape index (κ1) is 28.0. The third-order valence-electron chi connectivity index (χ3n) is 6.10.